The maximum atomic E-state index is 11.5. The first-order valence-electron chi connectivity index (χ1n) is 4.78. The number of hydrogen-bond donors (Lipinski definition) is 1. The van der Waals surface area contributed by atoms with Gasteiger partial charge in [0.2, 0.25) is 5.91 Å². The van der Waals surface area contributed by atoms with Crippen LogP contribution in [0, 0.1) is 0 Å². The molecule has 4 nitrogen and oxygen atoms in total. The van der Waals surface area contributed by atoms with Gasteiger partial charge in [-0.3, -0.25) is 4.79 Å². The van der Waals surface area contributed by atoms with Gasteiger partial charge in [0.05, 0.1) is 0 Å². The summed E-state index contributed by atoms with van der Waals surface area (Å²) in [6, 6.07) is -0.0314. The molecule has 0 radical (unpaired) electrons. The third kappa shape index (κ3) is 6.14. The molecule has 6 heteroatoms. The van der Waals surface area contributed by atoms with Crippen molar-refractivity contribution in [1.82, 2.24) is 5.32 Å². The molecule has 0 saturated carbocycles. The van der Waals surface area contributed by atoms with Gasteiger partial charge < -0.3 is 5.32 Å². The monoisotopic (exact) mass is 299 g/mol. The smallest absolute Gasteiger partial charge is 0.238 e. The van der Waals surface area contributed by atoms with Crippen molar-refractivity contribution in [3.8, 4) is 0 Å². The van der Waals surface area contributed by atoms with Crippen LogP contribution in [-0.4, -0.2) is 36.7 Å². The Morgan fingerprint density at radius 1 is 1.33 bits per heavy atom. The van der Waals surface area contributed by atoms with E-state index in [1.165, 1.54) is 6.92 Å². The van der Waals surface area contributed by atoms with E-state index in [9.17, 15) is 13.2 Å². The van der Waals surface area contributed by atoms with Gasteiger partial charge in [-0.2, -0.15) is 0 Å². The third-order valence-corrected chi connectivity index (χ3v) is 3.95. The van der Waals surface area contributed by atoms with Gasteiger partial charge >= 0.3 is 0 Å². The van der Waals surface area contributed by atoms with Gasteiger partial charge in [-0.1, -0.05) is 22.9 Å². The number of sulfone groups is 1. The van der Waals surface area contributed by atoms with Crippen molar-refractivity contribution in [2.45, 2.75) is 43.3 Å². The van der Waals surface area contributed by atoms with Crippen molar-refractivity contribution in [3.05, 3.63) is 0 Å². The summed E-state index contributed by atoms with van der Waals surface area (Å²) >= 11 is 3.37. The minimum Gasteiger partial charge on any atom is -0.352 e. The SMILES string of the molecule is CC(Br)CC(C)NC(=O)C(C)S(C)(=O)=O. The van der Waals surface area contributed by atoms with Crippen LogP contribution in [0.3, 0.4) is 0 Å². The Morgan fingerprint density at radius 2 is 1.80 bits per heavy atom. The molecule has 0 bridgehead atoms. The van der Waals surface area contributed by atoms with Crippen molar-refractivity contribution < 1.29 is 13.2 Å². The largest absolute Gasteiger partial charge is 0.352 e. The molecule has 0 rings (SSSR count). The molecule has 0 aromatic heterocycles. The number of nitrogens with one attached hydrogen (secondary N) is 1. The van der Waals surface area contributed by atoms with Gasteiger partial charge in [0.15, 0.2) is 9.84 Å². The molecule has 3 unspecified atom stereocenters. The van der Waals surface area contributed by atoms with E-state index in [0.29, 0.717) is 4.83 Å². The molecule has 1 N–H and O–H groups in total. The first-order chi connectivity index (χ1) is 6.64. The summed E-state index contributed by atoms with van der Waals surface area (Å²) in [4.78, 5) is 11.8. The Kier molecular flexibility index (Phi) is 5.80. The van der Waals surface area contributed by atoms with Crippen LogP contribution in [0.25, 0.3) is 0 Å². The highest BCUT2D eigenvalue weighted by molar-refractivity contribution is 9.09. The minimum atomic E-state index is -3.30. The van der Waals surface area contributed by atoms with Crippen LogP contribution in [0.2, 0.25) is 0 Å². The van der Waals surface area contributed by atoms with E-state index in [0.717, 1.165) is 12.7 Å². The van der Waals surface area contributed by atoms with E-state index in [2.05, 4.69) is 21.2 Å². The second-order valence-corrected chi connectivity index (χ2v) is 7.83. The molecule has 90 valence electrons. The molecule has 1 amide bonds. The van der Waals surface area contributed by atoms with Gasteiger partial charge in [0.25, 0.3) is 0 Å². The highest BCUT2D eigenvalue weighted by Crippen LogP contribution is 2.07. The second-order valence-electron chi connectivity index (χ2n) is 3.90. The molecule has 0 aliphatic carbocycles. The van der Waals surface area contributed by atoms with Crippen LogP contribution in [0.1, 0.15) is 27.2 Å². The molecule has 15 heavy (non-hydrogen) atoms. The summed E-state index contributed by atoms with van der Waals surface area (Å²) in [5, 5.41) is 1.69. The molecule has 0 fully saturated rings. The highest BCUT2D eigenvalue weighted by atomic mass is 79.9. The number of alkyl halides is 1. The van der Waals surface area contributed by atoms with E-state index in [-0.39, 0.29) is 6.04 Å². The van der Waals surface area contributed by atoms with Crippen molar-refractivity contribution >= 4 is 31.7 Å². The van der Waals surface area contributed by atoms with E-state index in [4.69, 9.17) is 0 Å². The highest BCUT2D eigenvalue weighted by Gasteiger charge is 2.24. The fraction of sp³-hybridized carbons (Fsp3) is 0.889. The first kappa shape index (κ1) is 14.9. The van der Waals surface area contributed by atoms with Crippen LogP contribution >= 0.6 is 15.9 Å². The Bertz CT molecular complexity index is 313. The second kappa shape index (κ2) is 5.84. The maximum Gasteiger partial charge on any atom is 0.238 e. The number of carbonyl (C=O) groups excluding carboxylic acids is 1. The van der Waals surface area contributed by atoms with Crippen LogP contribution < -0.4 is 5.32 Å². The standard InChI is InChI=1S/C9H18BrNO3S/c1-6(10)5-7(2)11-9(12)8(3)15(4,13)14/h6-8H,5H2,1-4H3,(H,11,12). The average Bonchev–Trinajstić information content (AvgIpc) is 1.99. The van der Waals surface area contributed by atoms with Crippen molar-refractivity contribution in [2.24, 2.45) is 0 Å². The Hall–Kier alpha value is -0.100. The lowest BCUT2D eigenvalue weighted by molar-refractivity contribution is -0.121. The quantitative estimate of drug-likeness (QED) is 0.773. The summed E-state index contributed by atoms with van der Waals surface area (Å²) in [6.07, 6.45) is 1.83. The van der Waals surface area contributed by atoms with Crippen LogP contribution in [0.5, 0.6) is 0 Å². The van der Waals surface area contributed by atoms with Gasteiger partial charge in [-0.05, 0) is 20.3 Å². The van der Waals surface area contributed by atoms with Crippen molar-refractivity contribution in [1.29, 1.82) is 0 Å². The molecular formula is C9H18BrNO3S. The summed E-state index contributed by atoms with van der Waals surface area (Å²) in [6.45, 7) is 5.22. The zero-order valence-corrected chi connectivity index (χ0v) is 11.9. The van der Waals surface area contributed by atoms with Gasteiger partial charge in [0, 0.05) is 17.1 Å². The molecule has 3 atom stereocenters. The van der Waals surface area contributed by atoms with Crippen molar-refractivity contribution in [3.63, 3.8) is 0 Å². The van der Waals surface area contributed by atoms with E-state index in [1.54, 1.807) is 0 Å². The summed E-state index contributed by atoms with van der Waals surface area (Å²) in [5.74, 6) is -0.432. The Balaban J connectivity index is 4.26. The normalized spacial score (nSPS) is 17.9. The fourth-order valence-corrected chi connectivity index (χ4v) is 2.12. The topological polar surface area (TPSA) is 63.2 Å². The molecule has 0 aliphatic rings. The van der Waals surface area contributed by atoms with Gasteiger partial charge in [0.1, 0.15) is 5.25 Å². The molecular weight excluding hydrogens is 282 g/mol. The Labute approximate surface area is 99.9 Å². The zero-order valence-electron chi connectivity index (χ0n) is 9.45. The molecule has 0 heterocycles. The predicted octanol–water partition coefficient (Wildman–Crippen LogP) is 1.10. The number of rotatable bonds is 5. The van der Waals surface area contributed by atoms with Crippen LogP contribution in [0.15, 0.2) is 0 Å². The molecule has 0 aromatic rings. The first-order valence-corrected chi connectivity index (χ1v) is 7.65. The molecule has 0 aliphatic heterocycles. The summed E-state index contributed by atoms with van der Waals surface area (Å²) in [7, 11) is -3.30. The van der Waals surface area contributed by atoms with E-state index in [1.807, 2.05) is 13.8 Å². The van der Waals surface area contributed by atoms with Gasteiger partial charge in [-0.25, -0.2) is 8.42 Å². The van der Waals surface area contributed by atoms with Crippen LogP contribution in [0.4, 0.5) is 0 Å². The van der Waals surface area contributed by atoms with E-state index < -0.39 is 21.0 Å². The van der Waals surface area contributed by atoms with Gasteiger partial charge in [-0.15, -0.1) is 0 Å². The number of carbonyl (C=O) groups is 1. The van der Waals surface area contributed by atoms with Crippen molar-refractivity contribution in [2.75, 3.05) is 6.26 Å². The summed E-state index contributed by atoms with van der Waals surface area (Å²) < 4.78 is 22.2. The zero-order chi connectivity index (χ0) is 12.2. The van der Waals surface area contributed by atoms with E-state index >= 15 is 0 Å². The van der Waals surface area contributed by atoms with Crippen LogP contribution in [-0.2, 0) is 14.6 Å². The molecule has 0 spiro atoms. The maximum absolute atomic E-state index is 11.5. The number of halogens is 1. The Morgan fingerprint density at radius 3 is 2.13 bits per heavy atom. The number of hydrogen-bond acceptors (Lipinski definition) is 3. The number of amides is 1. The fourth-order valence-electron chi connectivity index (χ4n) is 1.10. The predicted molar refractivity (Wildman–Crippen MR) is 64.9 cm³/mol. The third-order valence-electron chi connectivity index (χ3n) is 2.08. The molecule has 0 saturated heterocycles. The molecule has 0 aromatic carbocycles. The lowest BCUT2D eigenvalue weighted by Crippen LogP contribution is -2.42. The minimum absolute atomic E-state index is 0.0314. The lowest BCUT2D eigenvalue weighted by Gasteiger charge is -2.17. The lowest BCUT2D eigenvalue weighted by atomic mass is 10.2. The summed E-state index contributed by atoms with van der Waals surface area (Å²) in [5.41, 5.74) is 0. The average molecular weight is 300 g/mol.